The van der Waals surface area contributed by atoms with Gasteiger partial charge in [0.05, 0.1) is 0 Å². The van der Waals surface area contributed by atoms with E-state index in [4.69, 9.17) is 4.55 Å². The molecule has 1 aliphatic heterocycles. The Balaban J connectivity index is 2.66. The van der Waals surface area contributed by atoms with Crippen molar-refractivity contribution in [2.75, 3.05) is 13.1 Å². The highest BCUT2D eigenvalue weighted by Crippen LogP contribution is 2.18. The molecule has 13 heavy (non-hydrogen) atoms. The Hall–Kier alpha value is -0.130. The predicted molar refractivity (Wildman–Crippen MR) is 51.1 cm³/mol. The Morgan fingerprint density at radius 3 is 2.31 bits per heavy atom. The van der Waals surface area contributed by atoms with Crippen LogP contribution < -0.4 is 0 Å². The monoisotopic (exact) mass is 207 g/mol. The first-order valence-corrected chi connectivity index (χ1v) is 6.26. The van der Waals surface area contributed by atoms with Crippen LogP contribution in [0.3, 0.4) is 0 Å². The number of hydrogen-bond donors (Lipinski definition) is 1. The largest absolute Gasteiger partial charge is 0.285 e. The molecule has 0 radical (unpaired) electrons. The summed E-state index contributed by atoms with van der Waals surface area (Å²) >= 11 is 0. The number of nitrogens with zero attached hydrogens (tertiary/aromatic N) is 1. The fraction of sp³-hybridized carbons (Fsp3) is 1.00. The summed E-state index contributed by atoms with van der Waals surface area (Å²) in [5, 5.41) is -0.667. The van der Waals surface area contributed by atoms with E-state index in [0.717, 1.165) is 32.4 Å². The summed E-state index contributed by atoms with van der Waals surface area (Å²) in [5.41, 5.74) is 0. The van der Waals surface area contributed by atoms with E-state index in [-0.39, 0.29) is 0 Å². The van der Waals surface area contributed by atoms with Crippen LogP contribution in [-0.2, 0) is 10.1 Å². The van der Waals surface area contributed by atoms with Crippen LogP contribution in [-0.4, -0.2) is 36.3 Å². The third-order valence-electron chi connectivity index (χ3n) is 2.43. The van der Waals surface area contributed by atoms with E-state index in [0.29, 0.717) is 6.42 Å². The molecular weight excluding hydrogens is 190 g/mol. The van der Waals surface area contributed by atoms with Gasteiger partial charge in [-0.2, -0.15) is 8.42 Å². The van der Waals surface area contributed by atoms with Gasteiger partial charge in [0.15, 0.2) is 0 Å². The normalized spacial score (nSPS) is 22.0. The van der Waals surface area contributed by atoms with E-state index in [2.05, 4.69) is 0 Å². The number of hydrogen-bond acceptors (Lipinski definition) is 3. The maximum absolute atomic E-state index is 11.0. The lowest BCUT2D eigenvalue weighted by Crippen LogP contribution is -2.38. The standard InChI is InChI=1S/C8H17NO3S/c1-2-5-8(13(10,11)12)9-6-3-4-7-9/h8H,2-7H2,1H3,(H,10,11,12). The zero-order valence-corrected chi connectivity index (χ0v) is 8.76. The van der Waals surface area contributed by atoms with E-state index in [1.54, 1.807) is 0 Å². The molecule has 0 aromatic heterocycles. The quantitative estimate of drug-likeness (QED) is 0.701. The van der Waals surface area contributed by atoms with E-state index < -0.39 is 15.5 Å². The van der Waals surface area contributed by atoms with Gasteiger partial charge in [0.1, 0.15) is 5.37 Å². The van der Waals surface area contributed by atoms with Gasteiger partial charge in [-0.3, -0.25) is 9.45 Å². The van der Waals surface area contributed by atoms with Crippen molar-refractivity contribution >= 4 is 10.1 Å². The third kappa shape index (κ3) is 2.93. The SMILES string of the molecule is CCCC(N1CCCC1)S(=O)(=O)O. The van der Waals surface area contributed by atoms with Crippen LogP contribution in [0, 0.1) is 0 Å². The Bertz CT molecular complexity index is 244. The molecule has 0 amide bonds. The second-order valence-electron chi connectivity index (χ2n) is 3.50. The van der Waals surface area contributed by atoms with Gasteiger partial charge in [-0.1, -0.05) is 13.3 Å². The maximum Gasteiger partial charge on any atom is 0.281 e. The van der Waals surface area contributed by atoms with E-state index in [9.17, 15) is 8.42 Å². The van der Waals surface area contributed by atoms with E-state index in [1.807, 2.05) is 11.8 Å². The zero-order valence-electron chi connectivity index (χ0n) is 7.94. The Morgan fingerprint density at radius 1 is 1.38 bits per heavy atom. The minimum atomic E-state index is -3.88. The minimum Gasteiger partial charge on any atom is -0.285 e. The van der Waals surface area contributed by atoms with Gasteiger partial charge in [-0.15, -0.1) is 0 Å². The topological polar surface area (TPSA) is 57.6 Å². The highest BCUT2D eigenvalue weighted by Gasteiger charge is 2.30. The zero-order chi connectivity index (χ0) is 9.90. The van der Waals surface area contributed by atoms with Crippen LogP contribution in [0.15, 0.2) is 0 Å². The molecule has 1 rings (SSSR count). The van der Waals surface area contributed by atoms with Crippen molar-refractivity contribution in [2.24, 2.45) is 0 Å². The lowest BCUT2D eigenvalue weighted by Gasteiger charge is -2.23. The fourth-order valence-corrected chi connectivity index (χ4v) is 2.92. The van der Waals surface area contributed by atoms with Crippen molar-refractivity contribution in [3.05, 3.63) is 0 Å². The van der Waals surface area contributed by atoms with E-state index >= 15 is 0 Å². The summed E-state index contributed by atoms with van der Waals surface area (Å²) in [6.45, 7) is 3.52. The first-order valence-electron chi connectivity index (χ1n) is 4.76. The number of likely N-dealkylation sites (tertiary alicyclic amines) is 1. The maximum atomic E-state index is 11.0. The lowest BCUT2D eigenvalue weighted by molar-refractivity contribution is 0.275. The summed E-state index contributed by atoms with van der Waals surface area (Å²) in [6, 6.07) is 0. The first-order chi connectivity index (χ1) is 6.05. The molecule has 5 heteroatoms. The molecule has 1 saturated heterocycles. The molecule has 0 spiro atoms. The molecule has 0 saturated carbocycles. The molecular formula is C8H17NO3S. The molecule has 1 aliphatic rings. The van der Waals surface area contributed by atoms with Crippen LogP contribution in [0.2, 0.25) is 0 Å². The number of rotatable bonds is 4. The van der Waals surface area contributed by atoms with Crippen LogP contribution in [0.5, 0.6) is 0 Å². The Labute approximate surface area is 79.7 Å². The first kappa shape index (κ1) is 10.9. The van der Waals surface area contributed by atoms with Crippen molar-refractivity contribution in [3.8, 4) is 0 Å². The molecule has 0 aromatic carbocycles. The molecule has 0 bridgehead atoms. The molecule has 1 heterocycles. The molecule has 0 aromatic rings. The fourth-order valence-electron chi connectivity index (χ4n) is 1.80. The lowest BCUT2D eigenvalue weighted by atomic mass is 10.3. The Kier molecular flexibility index (Phi) is 3.70. The van der Waals surface area contributed by atoms with Gasteiger partial charge >= 0.3 is 0 Å². The van der Waals surface area contributed by atoms with Gasteiger partial charge < -0.3 is 0 Å². The summed E-state index contributed by atoms with van der Waals surface area (Å²) in [7, 11) is -3.88. The molecule has 1 atom stereocenters. The predicted octanol–water partition coefficient (Wildman–Crippen LogP) is 1.10. The van der Waals surface area contributed by atoms with Crippen molar-refractivity contribution in [1.82, 2.24) is 4.90 Å². The van der Waals surface area contributed by atoms with Gasteiger partial charge in [0.2, 0.25) is 0 Å². The van der Waals surface area contributed by atoms with Gasteiger partial charge in [0, 0.05) is 0 Å². The highest BCUT2D eigenvalue weighted by molar-refractivity contribution is 7.86. The summed E-state index contributed by atoms with van der Waals surface area (Å²) in [6.07, 6.45) is 3.38. The minimum absolute atomic E-state index is 0.527. The molecule has 78 valence electrons. The third-order valence-corrected chi connectivity index (χ3v) is 3.65. The van der Waals surface area contributed by atoms with Gasteiger partial charge in [-0.05, 0) is 32.4 Å². The van der Waals surface area contributed by atoms with Crippen LogP contribution in [0.4, 0.5) is 0 Å². The molecule has 4 nitrogen and oxygen atoms in total. The average Bonchev–Trinajstić information content (AvgIpc) is 2.49. The summed E-state index contributed by atoms with van der Waals surface area (Å²) in [4.78, 5) is 1.86. The van der Waals surface area contributed by atoms with Crippen molar-refractivity contribution in [2.45, 2.75) is 38.0 Å². The van der Waals surface area contributed by atoms with Crippen LogP contribution >= 0.6 is 0 Å². The average molecular weight is 207 g/mol. The van der Waals surface area contributed by atoms with Crippen molar-refractivity contribution in [1.29, 1.82) is 0 Å². The molecule has 1 N–H and O–H groups in total. The molecule has 0 aliphatic carbocycles. The summed E-state index contributed by atoms with van der Waals surface area (Å²) < 4.78 is 31.0. The molecule has 1 fully saturated rings. The van der Waals surface area contributed by atoms with Gasteiger partial charge in [-0.25, -0.2) is 0 Å². The van der Waals surface area contributed by atoms with Gasteiger partial charge in [0.25, 0.3) is 10.1 Å². The Morgan fingerprint density at radius 2 is 1.92 bits per heavy atom. The summed E-state index contributed by atoms with van der Waals surface area (Å²) in [5.74, 6) is 0. The van der Waals surface area contributed by atoms with Crippen molar-refractivity contribution < 1.29 is 13.0 Å². The van der Waals surface area contributed by atoms with Crippen LogP contribution in [0.25, 0.3) is 0 Å². The van der Waals surface area contributed by atoms with Crippen LogP contribution in [0.1, 0.15) is 32.6 Å². The smallest absolute Gasteiger partial charge is 0.281 e. The second kappa shape index (κ2) is 4.39. The highest BCUT2D eigenvalue weighted by atomic mass is 32.2. The second-order valence-corrected chi connectivity index (χ2v) is 5.08. The van der Waals surface area contributed by atoms with E-state index in [1.165, 1.54) is 0 Å². The molecule has 1 unspecified atom stereocenters. The van der Waals surface area contributed by atoms with Crippen molar-refractivity contribution in [3.63, 3.8) is 0 Å².